The van der Waals surface area contributed by atoms with Gasteiger partial charge in [0.05, 0.1) is 18.1 Å². The maximum Gasteiger partial charge on any atom is 0.273 e. The first-order chi connectivity index (χ1) is 10.8. The predicted octanol–water partition coefficient (Wildman–Crippen LogP) is 2.74. The Balaban J connectivity index is 0.000000222. The van der Waals surface area contributed by atoms with Crippen molar-refractivity contribution in [3.63, 3.8) is 0 Å². The number of fused-ring (bicyclic) bond motifs is 2. The van der Waals surface area contributed by atoms with Crippen LogP contribution >= 0.6 is 0 Å². The van der Waals surface area contributed by atoms with Crippen molar-refractivity contribution in [1.82, 2.24) is 29.2 Å². The molecule has 4 heterocycles. The first kappa shape index (κ1) is 18.7. The minimum Gasteiger partial charge on any atom is -0.361 e. The lowest BCUT2D eigenvalue weighted by atomic mass is 10.4. The highest BCUT2D eigenvalue weighted by atomic mass is 15.2. The van der Waals surface area contributed by atoms with Gasteiger partial charge in [-0.3, -0.25) is 0 Å². The summed E-state index contributed by atoms with van der Waals surface area (Å²) in [5, 5.41) is 7.95. The van der Waals surface area contributed by atoms with Crippen LogP contribution < -0.4 is 5.73 Å². The Labute approximate surface area is 140 Å². The third kappa shape index (κ3) is 3.91. The molecular formula is C16H20N8. The molecule has 4 aromatic heterocycles. The maximum absolute atomic E-state index is 6.70. The summed E-state index contributed by atoms with van der Waals surface area (Å²) in [5.41, 5.74) is 7.85. The van der Waals surface area contributed by atoms with Gasteiger partial charge in [0.1, 0.15) is 0 Å². The van der Waals surface area contributed by atoms with Crippen LogP contribution in [0.1, 0.15) is 20.5 Å². The SMILES string of the molecule is C.C.NCc1ccn2nccc2n1.[C-]#[N+]c1ccn2nccc2n1. The minimum atomic E-state index is 0. The van der Waals surface area contributed by atoms with Crippen LogP contribution in [0.5, 0.6) is 0 Å². The molecule has 0 fully saturated rings. The van der Waals surface area contributed by atoms with Crippen LogP contribution in [0.15, 0.2) is 49.1 Å². The molecule has 124 valence electrons. The summed E-state index contributed by atoms with van der Waals surface area (Å²) in [6, 6.07) is 7.10. The highest BCUT2D eigenvalue weighted by Crippen LogP contribution is 2.07. The largest absolute Gasteiger partial charge is 0.361 e. The average molecular weight is 324 g/mol. The number of nitrogens with zero attached hydrogens (tertiary/aromatic N) is 7. The fourth-order valence-electron chi connectivity index (χ4n) is 1.83. The summed E-state index contributed by atoms with van der Waals surface area (Å²) in [5.74, 6) is 0.401. The van der Waals surface area contributed by atoms with Crippen molar-refractivity contribution in [2.45, 2.75) is 21.4 Å². The molecule has 0 atom stereocenters. The highest BCUT2D eigenvalue weighted by molar-refractivity contribution is 5.45. The third-order valence-electron chi connectivity index (χ3n) is 2.88. The Kier molecular flexibility index (Phi) is 6.52. The second-order valence-electron chi connectivity index (χ2n) is 4.29. The molecule has 0 aliphatic heterocycles. The molecule has 0 aromatic carbocycles. The number of rotatable bonds is 1. The zero-order valence-electron chi connectivity index (χ0n) is 11.5. The van der Waals surface area contributed by atoms with E-state index in [1.165, 1.54) is 0 Å². The monoisotopic (exact) mass is 324 g/mol. The summed E-state index contributed by atoms with van der Waals surface area (Å²) in [6.07, 6.45) is 6.93. The standard InChI is InChI=1S/C7H4N4.C7H8N4.2CH4/c1-8-6-3-5-11-7(10-6)2-4-9-11;8-5-6-2-4-11-7(10-6)1-3-9-11;;/h2-5H;1-4H,5,8H2;2*1H4. The quantitative estimate of drug-likeness (QED) is 0.544. The first-order valence-corrected chi connectivity index (χ1v) is 6.47. The summed E-state index contributed by atoms with van der Waals surface area (Å²) in [7, 11) is 0. The maximum atomic E-state index is 6.70. The van der Waals surface area contributed by atoms with Crippen LogP contribution in [0.3, 0.4) is 0 Å². The molecule has 4 aromatic rings. The molecule has 2 N–H and O–H groups in total. The van der Waals surface area contributed by atoms with Gasteiger partial charge in [-0.15, -0.1) is 4.98 Å². The normalized spacial score (nSPS) is 9.33. The van der Waals surface area contributed by atoms with E-state index in [1.54, 1.807) is 39.8 Å². The van der Waals surface area contributed by atoms with Gasteiger partial charge in [0.25, 0.3) is 5.82 Å². The molecule has 8 nitrogen and oxygen atoms in total. The Hall–Kier alpha value is -3.31. The van der Waals surface area contributed by atoms with Gasteiger partial charge in [-0.2, -0.15) is 10.2 Å². The first-order valence-electron chi connectivity index (χ1n) is 6.47. The van der Waals surface area contributed by atoms with E-state index in [9.17, 15) is 0 Å². The zero-order chi connectivity index (χ0) is 15.4. The number of hydrogen-bond acceptors (Lipinski definition) is 5. The average Bonchev–Trinajstić information content (AvgIpc) is 3.22. The van der Waals surface area contributed by atoms with E-state index in [0.29, 0.717) is 18.0 Å². The fourth-order valence-corrected chi connectivity index (χ4v) is 1.83. The van der Waals surface area contributed by atoms with Gasteiger partial charge in [-0.25, -0.2) is 14.0 Å². The molecule has 0 unspecified atom stereocenters. The van der Waals surface area contributed by atoms with Gasteiger partial charge in [0.15, 0.2) is 5.65 Å². The van der Waals surface area contributed by atoms with E-state index in [0.717, 1.165) is 11.3 Å². The van der Waals surface area contributed by atoms with Crippen LogP contribution in [0.25, 0.3) is 16.1 Å². The van der Waals surface area contributed by atoms with Crippen LogP contribution in [-0.2, 0) is 6.54 Å². The second kappa shape index (κ2) is 8.36. The molecule has 24 heavy (non-hydrogen) atoms. The summed E-state index contributed by atoms with van der Waals surface area (Å²) in [6.45, 7) is 7.18. The lowest BCUT2D eigenvalue weighted by Gasteiger charge is -1.95. The fraction of sp³-hybridized carbons (Fsp3) is 0.188. The van der Waals surface area contributed by atoms with Gasteiger partial charge in [-0.05, 0) is 12.1 Å². The Bertz CT molecular complexity index is 947. The summed E-state index contributed by atoms with van der Waals surface area (Å²) < 4.78 is 3.33. The number of hydrogen-bond donors (Lipinski definition) is 1. The van der Waals surface area contributed by atoms with Gasteiger partial charge >= 0.3 is 0 Å². The van der Waals surface area contributed by atoms with Crippen molar-refractivity contribution in [3.05, 3.63) is 66.2 Å². The van der Waals surface area contributed by atoms with Crippen LogP contribution in [0, 0.1) is 6.57 Å². The van der Waals surface area contributed by atoms with Crippen LogP contribution in [-0.4, -0.2) is 29.2 Å². The summed E-state index contributed by atoms with van der Waals surface area (Å²) in [4.78, 5) is 11.4. The van der Waals surface area contributed by atoms with Gasteiger partial charge in [-0.1, -0.05) is 21.4 Å². The van der Waals surface area contributed by atoms with E-state index in [1.807, 2.05) is 18.3 Å². The lowest BCUT2D eigenvalue weighted by Crippen LogP contribution is -2.01. The molecule has 0 aliphatic rings. The molecule has 0 aliphatic carbocycles. The number of nitrogens with two attached hydrogens (primary N) is 1. The van der Waals surface area contributed by atoms with E-state index >= 15 is 0 Å². The van der Waals surface area contributed by atoms with Crippen molar-refractivity contribution in [3.8, 4) is 0 Å². The zero-order valence-corrected chi connectivity index (χ0v) is 11.5. The molecule has 0 radical (unpaired) electrons. The Morgan fingerprint density at radius 1 is 0.917 bits per heavy atom. The van der Waals surface area contributed by atoms with E-state index in [2.05, 4.69) is 25.0 Å². The van der Waals surface area contributed by atoms with Crippen molar-refractivity contribution < 1.29 is 0 Å². The predicted molar refractivity (Wildman–Crippen MR) is 93.6 cm³/mol. The van der Waals surface area contributed by atoms with E-state index < -0.39 is 0 Å². The van der Waals surface area contributed by atoms with Crippen molar-refractivity contribution >= 4 is 17.1 Å². The molecule has 0 bridgehead atoms. The van der Waals surface area contributed by atoms with Crippen LogP contribution in [0.4, 0.5) is 5.82 Å². The minimum absolute atomic E-state index is 0. The van der Waals surface area contributed by atoms with Crippen molar-refractivity contribution in [2.75, 3.05) is 0 Å². The van der Waals surface area contributed by atoms with E-state index in [4.69, 9.17) is 12.3 Å². The third-order valence-corrected chi connectivity index (χ3v) is 2.88. The van der Waals surface area contributed by atoms with Gasteiger partial charge in [0, 0.05) is 31.1 Å². The van der Waals surface area contributed by atoms with Crippen molar-refractivity contribution in [1.29, 1.82) is 0 Å². The molecule has 0 amide bonds. The Morgan fingerprint density at radius 2 is 1.50 bits per heavy atom. The summed E-state index contributed by atoms with van der Waals surface area (Å²) >= 11 is 0. The number of aromatic nitrogens is 6. The molecule has 0 spiro atoms. The van der Waals surface area contributed by atoms with Crippen molar-refractivity contribution in [2.24, 2.45) is 5.73 Å². The topological polar surface area (TPSA) is 90.8 Å². The van der Waals surface area contributed by atoms with Crippen LogP contribution in [0.2, 0.25) is 0 Å². The molecule has 0 saturated heterocycles. The second-order valence-corrected chi connectivity index (χ2v) is 4.29. The molecule has 0 saturated carbocycles. The van der Waals surface area contributed by atoms with E-state index in [-0.39, 0.29) is 14.9 Å². The molecule has 4 rings (SSSR count). The highest BCUT2D eigenvalue weighted by Gasteiger charge is 1.98. The molecule has 8 heteroatoms. The van der Waals surface area contributed by atoms with Gasteiger partial charge < -0.3 is 10.6 Å². The Morgan fingerprint density at radius 3 is 2.08 bits per heavy atom. The smallest absolute Gasteiger partial charge is 0.273 e. The lowest BCUT2D eigenvalue weighted by molar-refractivity contribution is 0.903. The molecular weight excluding hydrogens is 304 g/mol. The van der Waals surface area contributed by atoms with Gasteiger partial charge in [0.2, 0.25) is 5.65 Å².